The second-order valence-corrected chi connectivity index (χ2v) is 9.80. The van der Waals surface area contributed by atoms with Gasteiger partial charge >= 0.3 is 0 Å². The van der Waals surface area contributed by atoms with Crippen LogP contribution in [0.2, 0.25) is 6.04 Å². The molecule has 2 aliphatic heterocycles. The molecule has 4 rings (SSSR count). The van der Waals surface area contributed by atoms with E-state index in [0.717, 1.165) is 50.0 Å². The number of benzene rings is 2. The van der Waals surface area contributed by atoms with Crippen LogP contribution in [0.4, 0.5) is 0 Å². The molecule has 0 bridgehead atoms. The Morgan fingerprint density at radius 1 is 0.939 bits per heavy atom. The van der Waals surface area contributed by atoms with Crippen LogP contribution in [0, 0.1) is 0 Å². The Morgan fingerprint density at radius 2 is 1.58 bits per heavy atom. The predicted molar refractivity (Wildman–Crippen MR) is 130 cm³/mol. The Bertz CT molecular complexity index is 921. The quantitative estimate of drug-likeness (QED) is 0.176. The SMILES string of the molecule is CCOCOc1ccc(C(C)(C)c2ccc(OCC3CO3)c(CCC[Si])c2)cc1CC1CO1. The molecule has 0 saturated carbocycles. The number of hydrogen-bond acceptors (Lipinski definition) is 5. The van der Waals surface area contributed by atoms with Crippen molar-refractivity contribution in [2.24, 2.45) is 0 Å². The van der Waals surface area contributed by atoms with Crippen LogP contribution in [-0.2, 0) is 32.5 Å². The van der Waals surface area contributed by atoms with E-state index < -0.39 is 0 Å². The molecule has 0 amide bonds. The average Bonchev–Trinajstić information content (AvgIpc) is 3.73. The first-order valence-electron chi connectivity index (χ1n) is 12.0. The molecule has 0 aromatic heterocycles. The molecule has 2 fully saturated rings. The molecule has 0 aliphatic carbocycles. The molecule has 177 valence electrons. The molecule has 2 saturated heterocycles. The lowest BCUT2D eigenvalue weighted by Gasteiger charge is -2.28. The first-order valence-corrected chi connectivity index (χ1v) is 12.7. The van der Waals surface area contributed by atoms with Gasteiger partial charge in [-0.25, -0.2) is 0 Å². The molecule has 2 unspecified atom stereocenters. The van der Waals surface area contributed by atoms with Crippen molar-refractivity contribution < 1.29 is 23.7 Å². The Morgan fingerprint density at radius 3 is 2.18 bits per heavy atom. The van der Waals surface area contributed by atoms with E-state index in [4.69, 9.17) is 23.7 Å². The highest BCUT2D eigenvalue weighted by molar-refractivity contribution is 6.08. The van der Waals surface area contributed by atoms with Crippen LogP contribution in [0.5, 0.6) is 11.5 Å². The molecule has 0 N–H and O–H groups in total. The highest BCUT2D eigenvalue weighted by Crippen LogP contribution is 2.37. The van der Waals surface area contributed by atoms with Gasteiger partial charge in [-0.2, -0.15) is 0 Å². The van der Waals surface area contributed by atoms with Gasteiger partial charge in [-0.3, -0.25) is 0 Å². The third-order valence-corrected chi connectivity index (χ3v) is 6.72. The van der Waals surface area contributed by atoms with Crippen molar-refractivity contribution in [1.82, 2.24) is 0 Å². The van der Waals surface area contributed by atoms with E-state index in [9.17, 15) is 0 Å². The topological polar surface area (TPSA) is 52.8 Å². The first kappa shape index (κ1) is 24.3. The molecular weight excluding hydrogens is 432 g/mol. The maximum Gasteiger partial charge on any atom is 0.189 e. The second-order valence-electron chi connectivity index (χ2n) is 9.30. The monoisotopic (exact) mass is 467 g/mol. The summed E-state index contributed by atoms with van der Waals surface area (Å²) in [5.74, 6) is 1.85. The molecule has 2 aromatic carbocycles. The summed E-state index contributed by atoms with van der Waals surface area (Å²) in [5, 5.41) is 0. The van der Waals surface area contributed by atoms with E-state index in [-0.39, 0.29) is 18.3 Å². The molecule has 3 radical (unpaired) electrons. The van der Waals surface area contributed by atoms with Crippen LogP contribution >= 0.6 is 0 Å². The largest absolute Gasteiger partial charge is 0.491 e. The van der Waals surface area contributed by atoms with Gasteiger partial charge in [0, 0.05) is 28.7 Å². The number of aryl methyl sites for hydroxylation is 1. The predicted octanol–water partition coefficient (Wildman–Crippen LogP) is 4.62. The van der Waals surface area contributed by atoms with E-state index in [1.807, 2.05) is 6.92 Å². The maximum atomic E-state index is 6.08. The van der Waals surface area contributed by atoms with Crippen LogP contribution in [0.3, 0.4) is 0 Å². The van der Waals surface area contributed by atoms with E-state index in [0.29, 0.717) is 19.3 Å². The second kappa shape index (κ2) is 11.0. The Balaban J connectivity index is 1.58. The smallest absolute Gasteiger partial charge is 0.189 e. The average molecular weight is 468 g/mol. The normalized spacial score (nSPS) is 19.4. The fourth-order valence-electron chi connectivity index (χ4n) is 3.99. The summed E-state index contributed by atoms with van der Waals surface area (Å²) < 4.78 is 28.2. The highest BCUT2D eigenvalue weighted by Gasteiger charge is 2.29. The van der Waals surface area contributed by atoms with Crippen LogP contribution in [-0.4, -0.2) is 55.7 Å². The van der Waals surface area contributed by atoms with Gasteiger partial charge in [-0.1, -0.05) is 50.6 Å². The standard InChI is InChI=1S/C27H35O5Si/c1-4-28-18-32-26-10-8-22(13-20(26)14-23-15-29-23)27(2,3)21-7-9-25(31-17-24-16-30-24)19(12-21)6-5-11-33/h7-10,12-13,23-24H,4-6,11,14-18H2,1-3H3. The van der Waals surface area contributed by atoms with Gasteiger partial charge in [0.05, 0.1) is 19.3 Å². The number of rotatable bonds is 14. The first-order chi connectivity index (χ1) is 16.0. The minimum absolute atomic E-state index is 0.168. The van der Waals surface area contributed by atoms with Crippen molar-refractivity contribution in [2.75, 3.05) is 33.2 Å². The van der Waals surface area contributed by atoms with Gasteiger partial charge in [0.15, 0.2) is 6.79 Å². The zero-order valence-corrected chi connectivity index (χ0v) is 21.0. The summed E-state index contributed by atoms with van der Waals surface area (Å²) in [6.45, 7) is 9.68. The lowest BCUT2D eigenvalue weighted by molar-refractivity contribution is 0.0218. The van der Waals surface area contributed by atoms with Crippen LogP contribution < -0.4 is 9.47 Å². The summed E-state index contributed by atoms with van der Waals surface area (Å²) in [4.78, 5) is 0. The van der Waals surface area contributed by atoms with Crippen molar-refractivity contribution in [2.45, 2.75) is 63.7 Å². The van der Waals surface area contributed by atoms with E-state index >= 15 is 0 Å². The van der Waals surface area contributed by atoms with E-state index in [1.54, 1.807) is 0 Å². The van der Waals surface area contributed by atoms with Crippen molar-refractivity contribution >= 4 is 10.2 Å². The fraction of sp³-hybridized carbons (Fsp3) is 0.556. The maximum absolute atomic E-state index is 6.08. The minimum Gasteiger partial charge on any atom is -0.491 e. The molecule has 0 spiro atoms. The summed E-state index contributed by atoms with van der Waals surface area (Å²) in [6.07, 6.45) is 3.44. The number of hydrogen-bond donors (Lipinski definition) is 0. The summed E-state index contributed by atoms with van der Waals surface area (Å²) in [6, 6.07) is 14.1. The fourth-order valence-corrected chi connectivity index (χ4v) is 4.16. The molecule has 2 aromatic rings. The summed E-state index contributed by atoms with van der Waals surface area (Å²) in [5.41, 5.74) is 4.79. The van der Waals surface area contributed by atoms with Gasteiger partial charge in [-0.05, 0) is 47.7 Å². The molecular formula is C27H35O5Si. The van der Waals surface area contributed by atoms with Crippen LogP contribution in [0.1, 0.15) is 49.4 Å². The zero-order chi connectivity index (χ0) is 23.3. The van der Waals surface area contributed by atoms with Crippen molar-refractivity contribution in [3.63, 3.8) is 0 Å². The van der Waals surface area contributed by atoms with Gasteiger partial charge in [-0.15, -0.1) is 0 Å². The Hall–Kier alpha value is -1.86. The molecule has 2 heterocycles. The zero-order valence-electron chi connectivity index (χ0n) is 20.0. The molecule has 5 nitrogen and oxygen atoms in total. The summed E-state index contributed by atoms with van der Waals surface area (Å²) >= 11 is 0. The van der Waals surface area contributed by atoms with E-state index in [1.165, 1.54) is 22.3 Å². The number of epoxide rings is 2. The molecule has 6 heteroatoms. The van der Waals surface area contributed by atoms with Crippen molar-refractivity contribution in [1.29, 1.82) is 0 Å². The molecule has 2 aliphatic rings. The van der Waals surface area contributed by atoms with Crippen LogP contribution in [0.15, 0.2) is 36.4 Å². The van der Waals surface area contributed by atoms with Gasteiger partial charge in [0.2, 0.25) is 0 Å². The summed E-state index contributed by atoms with van der Waals surface area (Å²) in [7, 11) is 3.62. The lowest BCUT2D eigenvalue weighted by Crippen LogP contribution is -2.20. The Labute approximate surface area is 201 Å². The third kappa shape index (κ3) is 6.60. The minimum atomic E-state index is -0.168. The van der Waals surface area contributed by atoms with Gasteiger partial charge in [0.1, 0.15) is 24.2 Å². The highest BCUT2D eigenvalue weighted by atomic mass is 28.1. The lowest BCUT2D eigenvalue weighted by atomic mass is 9.76. The van der Waals surface area contributed by atoms with Crippen molar-refractivity contribution in [3.05, 3.63) is 58.7 Å². The Kier molecular flexibility index (Phi) is 8.12. The van der Waals surface area contributed by atoms with Gasteiger partial charge < -0.3 is 23.7 Å². The molecule has 2 atom stereocenters. The number of ether oxygens (including phenoxy) is 5. The van der Waals surface area contributed by atoms with Crippen molar-refractivity contribution in [3.8, 4) is 11.5 Å². The van der Waals surface area contributed by atoms with Gasteiger partial charge in [0.25, 0.3) is 0 Å². The third-order valence-electron chi connectivity index (χ3n) is 6.37. The van der Waals surface area contributed by atoms with Crippen LogP contribution in [0.25, 0.3) is 0 Å². The van der Waals surface area contributed by atoms with E-state index in [2.05, 4.69) is 60.5 Å². The molecule has 33 heavy (non-hydrogen) atoms.